The fraction of sp³-hybridized carbons (Fsp3) is 0.312. The van der Waals surface area contributed by atoms with Gasteiger partial charge in [0.15, 0.2) is 0 Å². The van der Waals surface area contributed by atoms with E-state index in [1.54, 1.807) is 12.1 Å². The molecule has 116 valence electrons. The molecule has 0 spiro atoms. The van der Waals surface area contributed by atoms with Crippen molar-refractivity contribution in [3.63, 3.8) is 0 Å². The van der Waals surface area contributed by atoms with Crippen molar-refractivity contribution < 1.29 is 14.4 Å². The fourth-order valence-corrected chi connectivity index (χ4v) is 2.22. The highest BCUT2D eigenvalue weighted by atomic mass is 16.2. The number of carbonyl (C=O) groups excluding carboxylic acids is 3. The Morgan fingerprint density at radius 2 is 1.73 bits per heavy atom. The molecule has 3 amide bonds. The van der Waals surface area contributed by atoms with Crippen LogP contribution in [-0.4, -0.2) is 30.8 Å². The van der Waals surface area contributed by atoms with Gasteiger partial charge in [-0.1, -0.05) is 12.1 Å². The smallest absolute Gasteiger partial charge is 0.258 e. The lowest BCUT2D eigenvalue weighted by molar-refractivity contribution is -0.121. The zero-order valence-corrected chi connectivity index (χ0v) is 12.2. The maximum atomic E-state index is 11.6. The predicted molar refractivity (Wildman–Crippen MR) is 83.1 cm³/mol. The lowest BCUT2D eigenvalue weighted by Gasteiger charge is -2.14. The largest absolute Gasteiger partial charge is 0.355 e. The number of nitrogens with zero attached hydrogens (tertiary/aromatic N) is 1. The Morgan fingerprint density at radius 1 is 1.09 bits per heavy atom. The highest BCUT2D eigenvalue weighted by Gasteiger charge is 2.24. The Bertz CT molecular complexity index is 575. The number of imide groups is 1. The molecule has 0 saturated heterocycles. The van der Waals surface area contributed by atoms with Crippen LogP contribution in [0.1, 0.15) is 18.4 Å². The Hall–Kier alpha value is -2.47. The molecule has 0 radical (unpaired) electrons. The van der Waals surface area contributed by atoms with E-state index in [2.05, 4.69) is 5.32 Å². The average Bonchev–Trinajstić information content (AvgIpc) is 2.85. The average molecular weight is 301 g/mol. The fourth-order valence-electron chi connectivity index (χ4n) is 2.22. The maximum absolute atomic E-state index is 11.6. The summed E-state index contributed by atoms with van der Waals surface area (Å²) in [6.45, 7) is 0.940. The number of amides is 3. The second kappa shape index (κ2) is 7.51. The van der Waals surface area contributed by atoms with E-state index < -0.39 is 0 Å². The van der Waals surface area contributed by atoms with Gasteiger partial charge < -0.3 is 11.1 Å². The maximum Gasteiger partial charge on any atom is 0.258 e. The summed E-state index contributed by atoms with van der Waals surface area (Å²) in [7, 11) is 0. The highest BCUT2D eigenvalue weighted by molar-refractivity contribution is 6.28. The van der Waals surface area contributed by atoms with Gasteiger partial charge in [0.25, 0.3) is 11.8 Å². The molecule has 6 nitrogen and oxygen atoms in total. The molecule has 1 aromatic carbocycles. The second-order valence-corrected chi connectivity index (χ2v) is 5.00. The summed E-state index contributed by atoms with van der Waals surface area (Å²) in [5, 5.41) is 2.72. The van der Waals surface area contributed by atoms with Crippen LogP contribution in [0.2, 0.25) is 0 Å². The molecule has 1 aliphatic heterocycles. The Kier molecular flexibility index (Phi) is 5.43. The quantitative estimate of drug-likeness (QED) is 0.718. The Balaban J connectivity index is 1.84. The van der Waals surface area contributed by atoms with E-state index in [4.69, 9.17) is 5.73 Å². The second-order valence-electron chi connectivity index (χ2n) is 5.00. The van der Waals surface area contributed by atoms with Gasteiger partial charge in [-0.3, -0.25) is 14.4 Å². The molecule has 3 N–H and O–H groups in total. The number of nitrogens with two attached hydrogens (primary N) is 1. The van der Waals surface area contributed by atoms with Gasteiger partial charge in [-0.2, -0.15) is 0 Å². The summed E-state index contributed by atoms with van der Waals surface area (Å²) in [6, 6.07) is 7.22. The first-order chi connectivity index (χ1) is 10.6. The van der Waals surface area contributed by atoms with E-state index in [0.29, 0.717) is 25.2 Å². The van der Waals surface area contributed by atoms with E-state index in [0.717, 1.165) is 23.3 Å². The summed E-state index contributed by atoms with van der Waals surface area (Å²) in [4.78, 5) is 35.7. The molecule has 2 rings (SSSR count). The number of hydrogen-bond acceptors (Lipinski definition) is 4. The molecule has 6 heteroatoms. The van der Waals surface area contributed by atoms with Crippen LogP contribution in [-0.2, 0) is 20.8 Å². The van der Waals surface area contributed by atoms with Crippen molar-refractivity contribution in [2.45, 2.75) is 19.3 Å². The number of hydrogen-bond donors (Lipinski definition) is 2. The third kappa shape index (κ3) is 4.02. The van der Waals surface area contributed by atoms with Crippen molar-refractivity contribution in [3.05, 3.63) is 42.0 Å². The number of carbonyl (C=O) groups is 3. The predicted octanol–water partition coefficient (Wildman–Crippen LogP) is 0.514. The van der Waals surface area contributed by atoms with Crippen molar-refractivity contribution in [2.24, 2.45) is 5.73 Å². The molecule has 0 aromatic heterocycles. The summed E-state index contributed by atoms with van der Waals surface area (Å²) in [6.07, 6.45) is 4.47. The Labute approximate surface area is 129 Å². The topological polar surface area (TPSA) is 92.5 Å². The van der Waals surface area contributed by atoms with Gasteiger partial charge in [0.2, 0.25) is 5.91 Å². The number of nitrogens with one attached hydrogen (secondary N) is 1. The number of rotatable bonds is 7. The zero-order valence-electron chi connectivity index (χ0n) is 12.2. The van der Waals surface area contributed by atoms with Crippen LogP contribution >= 0.6 is 0 Å². The van der Waals surface area contributed by atoms with Crippen LogP contribution in [0, 0.1) is 0 Å². The molecule has 1 heterocycles. The minimum absolute atomic E-state index is 0.00130. The van der Waals surface area contributed by atoms with Gasteiger partial charge in [-0.05, 0) is 30.5 Å². The van der Waals surface area contributed by atoms with Crippen molar-refractivity contribution in [1.82, 2.24) is 5.32 Å². The van der Waals surface area contributed by atoms with Crippen LogP contribution < -0.4 is 16.0 Å². The van der Waals surface area contributed by atoms with Gasteiger partial charge >= 0.3 is 0 Å². The molecule has 22 heavy (non-hydrogen) atoms. The molecular weight excluding hydrogens is 282 g/mol. The number of anilines is 1. The lowest BCUT2D eigenvalue weighted by atomic mass is 10.1. The van der Waals surface area contributed by atoms with Crippen molar-refractivity contribution in [3.8, 4) is 0 Å². The van der Waals surface area contributed by atoms with E-state index >= 15 is 0 Å². The first kappa shape index (κ1) is 15.9. The van der Waals surface area contributed by atoms with Crippen LogP contribution in [0.5, 0.6) is 0 Å². The van der Waals surface area contributed by atoms with Crippen LogP contribution in [0.4, 0.5) is 5.69 Å². The minimum atomic E-state index is -0.325. The monoisotopic (exact) mass is 301 g/mol. The van der Waals surface area contributed by atoms with Gasteiger partial charge in [0.1, 0.15) is 0 Å². The third-order valence-corrected chi connectivity index (χ3v) is 3.34. The number of benzene rings is 1. The van der Waals surface area contributed by atoms with Crippen LogP contribution in [0.25, 0.3) is 0 Å². The van der Waals surface area contributed by atoms with E-state index in [-0.39, 0.29) is 17.7 Å². The molecule has 0 aliphatic carbocycles. The van der Waals surface area contributed by atoms with E-state index in [9.17, 15) is 14.4 Å². The van der Waals surface area contributed by atoms with Crippen molar-refractivity contribution >= 4 is 23.4 Å². The van der Waals surface area contributed by atoms with E-state index in [1.165, 1.54) is 12.2 Å². The summed E-state index contributed by atoms with van der Waals surface area (Å²) in [5.41, 5.74) is 6.93. The molecule has 0 atom stereocenters. The molecular formula is C16H19N3O3. The molecule has 0 fully saturated rings. The number of aryl methyl sites for hydroxylation is 1. The van der Waals surface area contributed by atoms with Gasteiger partial charge in [-0.15, -0.1) is 0 Å². The summed E-state index contributed by atoms with van der Waals surface area (Å²) >= 11 is 0. The first-order valence-electron chi connectivity index (χ1n) is 7.23. The summed E-state index contributed by atoms with van der Waals surface area (Å²) in [5.74, 6) is -0.648. The SMILES string of the molecule is NCCNC(=O)CCCc1ccc(N2C(=O)C=CC2=O)cc1. The summed E-state index contributed by atoms with van der Waals surface area (Å²) < 4.78 is 0. The lowest BCUT2D eigenvalue weighted by Crippen LogP contribution is -2.29. The molecule has 0 unspecified atom stereocenters. The zero-order chi connectivity index (χ0) is 15.9. The normalized spacial score (nSPS) is 13.8. The third-order valence-electron chi connectivity index (χ3n) is 3.34. The highest BCUT2D eigenvalue weighted by Crippen LogP contribution is 2.20. The molecule has 0 saturated carbocycles. The van der Waals surface area contributed by atoms with Crippen LogP contribution in [0.15, 0.2) is 36.4 Å². The Morgan fingerprint density at radius 3 is 2.32 bits per heavy atom. The molecule has 1 aliphatic rings. The van der Waals surface area contributed by atoms with Crippen molar-refractivity contribution in [2.75, 3.05) is 18.0 Å². The van der Waals surface area contributed by atoms with Gasteiger partial charge in [0.05, 0.1) is 5.69 Å². The van der Waals surface area contributed by atoms with Crippen molar-refractivity contribution in [1.29, 1.82) is 0 Å². The molecule has 0 bridgehead atoms. The van der Waals surface area contributed by atoms with Crippen LogP contribution in [0.3, 0.4) is 0 Å². The molecule has 1 aromatic rings. The van der Waals surface area contributed by atoms with Gasteiger partial charge in [0, 0.05) is 31.7 Å². The first-order valence-corrected chi connectivity index (χ1v) is 7.23. The van der Waals surface area contributed by atoms with Gasteiger partial charge in [-0.25, -0.2) is 4.90 Å². The van der Waals surface area contributed by atoms with E-state index in [1.807, 2.05) is 12.1 Å². The minimum Gasteiger partial charge on any atom is -0.355 e. The standard InChI is InChI=1S/C16H19N3O3/c17-10-11-18-14(20)3-1-2-12-4-6-13(7-5-12)19-15(21)8-9-16(19)22/h4-9H,1-3,10-11,17H2,(H,18,20).